The van der Waals surface area contributed by atoms with Gasteiger partial charge in [0.25, 0.3) is 0 Å². The van der Waals surface area contributed by atoms with Gasteiger partial charge in [-0.05, 0) is 0 Å². The molecule has 0 atom stereocenters. The van der Waals surface area contributed by atoms with Crippen LogP contribution < -0.4 is 31.2 Å². The van der Waals surface area contributed by atoms with Crippen LogP contribution in [-0.2, 0) is 6.54 Å². The lowest BCUT2D eigenvalue weighted by molar-refractivity contribution is -0.698. The fraction of sp³-hybridized carbons (Fsp3) is 0.0556. The van der Waals surface area contributed by atoms with E-state index >= 15 is 35.1 Å². The Hall–Kier alpha value is -6.96. The van der Waals surface area contributed by atoms with Crippen LogP contribution in [0.2, 0.25) is 0 Å². The average Bonchev–Trinajstić information content (AvgIpc) is 3.26. The highest BCUT2D eigenvalue weighted by atomic mass is 19.2. The van der Waals surface area contributed by atoms with Gasteiger partial charge in [-0.25, -0.2) is 92.8 Å². The predicted octanol–water partition coefficient (Wildman–Crippen LogP) is 6.88. The topological polar surface area (TPSA) is 69.1 Å². The molecule has 0 aliphatic carbocycles. The molecule has 0 saturated carbocycles. The molecule has 0 aliphatic rings. The van der Waals surface area contributed by atoms with E-state index < -0.39 is 156 Å². The highest BCUT2D eigenvalue weighted by molar-refractivity contribution is 7.20. The van der Waals surface area contributed by atoms with Gasteiger partial charge in [0.05, 0.1) is 11.1 Å². The van der Waals surface area contributed by atoms with Gasteiger partial charge in [0, 0.05) is 5.56 Å². The zero-order valence-corrected chi connectivity index (χ0v) is 29.7. The highest BCUT2D eigenvalue weighted by Gasteiger charge is 2.52. The first-order chi connectivity index (χ1) is 29.5. The third-order valence-corrected chi connectivity index (χ3v) is 9.02. The summed E-state index contributed by atoms with van der Waals surface area (Å²) in [5.41, 5.74) is -13.2. The molecule has 1 heterocycles. The second-order valence-corrected chi connectivity index (χ2v) is 12.4. The van der Waals surface area contributed by atoms with Gasteiger partial charge in [-0.15, -0.1) is 21.9 Å². The second kappa shape index (κ2) is 17.8. The van der Waals surface area contributed by atoms with Crippen LogP contribution in [0.3, 0.4) is 0 Å². The molecule has 0 aliphatic heterocycles. The van der Waals surface area contributed by atoms with Crippen LogP contribution >= 0.6 is 0 Å². The first-order valence-corrected chi connectivity index (χ1v) is 16.3. The molecular formula is C36H12BF20N3O3. The smallest absolute Gasteiger partial charge is 0.377 e. The van der Waals surface area contributed by atoms with E-state index in [1.54, 1.807) is 17.0 Å². The number of hydrogen-bond donors (Lipinski definition) is 0. The van der Waals surface area contributed by atoms with E-state index in [1.165, 1.54) is 6.20 Å². The molecule has 0 unspecified atom stereocenters. The zero-order valence-electron chi connectivity index (χ0n) is 29.7. The Morgan fingerprint density at radius 2 is 0.762 bits per heavy atom. The Labute approximate surface area is 335 Å². The van der Waals surface area contributed by atoms with Gasteiger partial charge < -0.3 is 4.74 Å². The number of hydrogen-bond acceptors (Lipinski definition) is 4. The molecule has 27 heteroatoms. The standard InChI is InChI=1S/C24BF20.C12H12N3O3/c26-5-1(6(27)14(35)21(42)13(5)34)25(2-7(28)15(36)22(43)16(37)8(2)29,3-9(30)17(38)23(44)18(39)10(3)31)4-11(32)19(40)24(45)20(41)12(4)33;16-15(17)10-18-12-8-13-6-7-14(12)9-11-4-2-1-3-5-11/h;1-8H,9-10H2/q-1;+1. The minimum absolute atomic E-state index is 0.373. The molecule has 6 aromatic rings. The maximum Gasteiger partial charge on any atom is 0.392 e. The van der Waals surface area contributed by atoms with Crippen molar-refractivity contribution in [3.8, 4) is 5.88 Å². The van der Waals surface area contributed by atoms with Gasteiger partial charge in [-0.3, -0.25) is 10.1 Å². The lowest BCUT2D eigenvalue weighted by Gasteiger charge is -2.44. The largest absolute Gasteiger partial charge is 0.392 e. The Balaban J connectivity index is 0.000000345. The van der Waals surface area contributed by atoms with Gasteiger partial charge in [0.15, 0.2) is 82.5 Å². The third-order valence-electron chi connectivity index (χ3n) is 9.02. The molecule has 63 heavy (non-hydrogen) atoms. The van der Waals surface area contributed by atoms with Crippen molar-refractivity contribution in [3.05, 3.63) is 181 Å². The van der Waals surface area contributed by atoms with Crippen molar-refractivity contribution in [1.29, 1.82) is 0 Å². The van der Waals surface area contributed by atoms with E-state index in [-0.39, 0.29) is 0 Å². The Bertz CT molecular complexity index is 2440. The van der Waals surface area contributed by atoms with E-state index in [0.29, 0.717) is 12.4 Å². The van der Waals surface area contributed by atoms with E-state index in [4.69, 9.17) is 4.74 Å². The number of nitro groups is 1. The molecule has 0 saturated heterocycles. The van der Waals surface area contributed by atoms with E-state index in [9.17, 15) is 62.8 Å². The van der Waals surface area contributed by atoms with E-state index in [0.717, 1.165) is 5.56 Å². The summed E-state index contributed by atoms with van der Waals surface area (Å²) >= 11 is 0. The summed E-state index contributed by atoms with van der Waals surface area (Å²) < 4.78 is 301. The van der Waals surface area contributed by atoms with Gasteiger partial charge in [0.1, 0.15) is 58.9 Å². The minimum Gasteiger partial charge on any atom is -0.377 e. The second-order valence-electron chi connectivity index (χ2n) is 12.4. The van der Waals surface area contributed by atoms with Gasteiger partial charge in [0.2, 0.25) is 0 Å². The summed E-state index contributed by atoms with van der Waals surface area (Å²) in [7, 11) is 0. The summed E-state index contributed by atoms with van der Waals surface area (Å²) in [6.45, 7) is 0.0108. The Morgan fingerprint density at radius 3 is 1.05 bits per heavy atom. The van der Waals surface area contributed by atoms with E-state index in [1.807, 2.05) is 30.3 Å². The Kier molecular flexibility index (Phi) is 13.3. The quantitative estimate of drug-likeness (QED) is 0.0232. The maximum absolute atomic E-state index is 15.4. The number of ether oxygens (including phenoxy) is 1. The fourth-order valence-corrected chi connectivity index (χ4v) is 6.40. The number of rotatable bonds is 9. The average molecular weight is 925 g/mol. The molecule has 6 nitrogen and oxygen atoms in total. The molecule has 5 aromatic carbocycles. The van der Waals surface area contributed by atoms with Gasteiger partial charge >= 0.3 is 12.6 Å². The lowest BCUT2D eigenvalue weighted by atomic mass is 9.12. The van der Waals surface area contributed by atoms with Crippen LogP contribution in [0.4, 0.5) is 87.8 Å². The predicted molar refractivity (Wildman–Crippen MR) is 172 cm³/mol. The molecule has 0 amide bonds. The lowest BCUT2D eigenvalue weighted by Crippen LogP contribution is -2.81. The number of benzene rings is 5. The molecule has 0 bridgehead atoms. The van der Waals surface area contributed by atoms with Crippen LogP contribution in [0.1, 0.15) is 5.56 Å². The molecule has 0 N–H and O–H groups in total. The van der Waals surface area contributed by atoms with Crippen molar-refractivity contribution < 1.29 is 102 Å². The summed E-state index contributed by atoms with van der Waals surface area (Å²) in [5, 5.41) is 10.3. The van der Waals surface area contributed by atoms with Crippen molar-refractivity contribution in [1.82, 2.24) is 4.98 Å². The summed E-state index contributed by atoms with van der Waals surface area (Å²) in [4.78, 5) is 13.7. The fourth-order valence-electron chi connectivity index (χ4n) is 6.40. The first kappa shape index (κ1) is 47.1. The highest BCUT2D eigenvalue weighted by Crippen LogP contribution is 2.30. The van der Waals surface area contributed by atoms with Crippen LogP contribution in [0.25, 0.3) is 0 Å². The van der Waals surface area contributed by atoms with Crippen molar-refractivity contribution in [2.75, 3.05) is 6.73 Å². The third kappa shape index (κ3) is 7.79. The van der Waals surface area contributed by atoms with Crippen molar-refractivity contribution in [2.45, 2.75) is 6.54 Å². The van der Waals surface area contributed by atoms with Crippen LogP contribution in [-0.4, -0.2) is 22.8 Å². The SMILES string of the molecule is Fc1c(F)c(F)c([B-](c2c(F)c(F)c(F)c(F)c2F)(c2c(F)c(F)c(F)c(F)c2F)c2c(F)c(F)c(F)c(F)c2F)c(F)c1F.O=[N+]([O-])COc1cncc[n+]1Cc1ccccc1. The van der Waals surface area contributed by atoms with Crippen LogP contribution in [0, 0.1) is 126 Å². The van der Waals surface area contributed by atoms with Crippen LogP contribution in [0.15, 0.2) is 48.9 Å². The van der Waals surface area contributed by atoms with E-state index in [2.05, 4.69) is 4.98 Å². The first-order valence-electron chi connectivity index (χ1n) is 16.3. The van der Waals surface area contributed by atoms with Gasteiger partial charge in [-0.2, -0.15) is 4.57 Å². The molecule has 0 spiro atoms. The molecule has 6 rings (SSSR count). The summed E-state index contributed by atoms with van der Waals surface area (Å²) in [5.74, 6) is -71.0. The zero-order chi connectivity index (χ0) is 47.2. The minimum atomic E-state index is -7.22. The molecule has 0 fully saturated rings. The normalized spacial score (nSPS) is 11.4. The van der Waals surface area contributed by atoms with Crippen molar-refractivity contribution in [3.63, 3.8) is 0 Å². The summed E-state index contributed by atoms with van der Waals surface area (Å²) in [6, 6.07) is 9.77. The molecule has 1 aromatic heterocycles. The summed E-state index contributed by atoms with van der Waals surface area (Å²) in [6.07, 6.45) is -2.41. The van der Waals surface area contributed by atoms with Gasteiger partial charge in [-0.1, -0.05) is 30.3 Å². The van der Waals surface area contributed by atoms with Crippen molar-refractivity contribution >= 4 is 28.0 Å². The molecular weight excluding hydrogens is 913 g/mol. The van der Waals surface area contributed by atoms with Crippen molar-refractivity contribution in [2.24, 2.45) is 0 Å². The van der Waals surface area contributed by atoms with Crippen LogP contribution in [0.5, 0.6) is 5.88 Å². The number of aromatic nitrogens is 2. The number of nitrogens with zero attached hydrogens (tertiary/aromatic N) is 3. The monoisotopic (exact) mass is 925 g/mol. The Morgan fingerprint density at radius 1 is 0.476 bits per heavy atom. The molecule has 332 valence electrons. The maximum atomic E-state index is 15.4. The molecule has 0 radical (unpaired) electrons. The number of halogens is 20.